The zero-order chi connectivity index (χ0) is 20.5. The SMILES string of the molecule is CCc1nn2c3c(nnc2c1-c1ccccc1)C(=O)CC(/C=C/c1ccccc1)C3. The van der Waals surface area contributed by atoms with Gasteiger partial charge < -0.3 is 0 Å². The monoisotopic (exact) mass is 394 g/mol. The molecule has 5 rings (SSSR count). The van der Waals surface area contributed by atoms with Crippen molar-refractivity contribution in [1.82, 2.24) is 19.8 Å². The molecule has 5 heteroatoms. The average molecular weight is 394 g/mol. The Labute approximate surface area is 175 Å². The molecule has 1 atom stereocenters. The van der Waals surface area contributed by atoms with Crippen molar-refractivity contribution in [2.75, 3.05) is 0 Å². The van der Waals surface area contributed by atoms with Crippen molar-refractivity contribution in [1.29, 1.82) is 0 Å². The maximum absolute atomic E-state index is 12.8. The van der Waals surface area contributed by atoms with Crippen LogP contribution in [-0.2, 0) is 12.8 Å². The lowest BCUT2D eigenvalue weighted by molar-refractivity contribution is 0.0950. The summed E-state index contributed by atoms with van der Waals surface area (Å²) in [7, 11) is 0. The summed E-state index contributed by atoms with van der Waals surface area (Å²) in [5.74, 6) is 0.148. The van der Waals surface area contributed by atoms with E-state index in [1.165, 1.54) is 0 Å². The number of nitrogens with zero attached hydrogens (tertiary/aromatic N) is 4. The number of carbonyl (C=O) groups is 1. The molecule has 0 saturated carbocycles. The zero-order valence-corrected chi connectivity index (χ0v) is 16.8. The Morgan fingerprint density at radius 3 is 2.47 bits per heavy atom. The highest BCUT2D eigenvalue weighted by molar-refractivity contribution is 5.97. The van der Waals surface area contributed by atoms with Crippen LogP contribution >= 0.6 is 0 Å². The second-order valence-electron chi connectivity index (χ2n) is 7.63. The molecule has 0 aliphatic heterocycles. The van der Waals surface area contributed by atoms with Crippen molar-refractivity contribution in [3.8, 4) is 11.1 Å². The number of ketones is 1. The number of aryl methyl sites for hydroxylation is 1. The molecular formula is C25H22N4O. The summed E-state index contributed by atoms with van der Waals surface area (Å²) in [6.07, 6.45) is 6.17. The van der Waals surface area contributed by atoms with Crippen LogP contribution in [0.4, 0.5) is 0 Å². The Balaban J connectivity index is 1.59. The van der Waals surface area contributed by atoms with Gasteiger partial charge in [0, 0.05) is 6.42 Å². The van der Waals surface area contributed by atoms with Crippen molar-refractivity contribution in [2.24, 2.45) is 5.92 Å². The minimum Gasteiger partial charge on any atom is -0.292 e. The number of fused-ring (bicyclic) bond motifs is 3. The van der Waals surface area contributed by atoms with Crippen molar-refractivity contribution in [3.05, 3.63) is 89.4 Å². The van der Waals surface area contributed by atoms with Gasteiger partial charge >= 0.3 is 0 Å². The largest absolute Gasteiger partial charge is 0.292 e. The van der Waals surface area contributed by atoms with Crippen molar-refractivity contribution in [3.63, 3.8) is 0 Å². The Morgan fingerprint density at radius 1 is 1.00 bits per heavy atom. The molecule has 148 valence electrons. The van der Waals surface area contributed by atoms with Crippen LogP contribution in [-0.4, -0.2) is 25.6 Å². The Kier molecular flexibility index (Phi) is 4.71. The average Bonchev–Trinajstić information content (AvgIpc) is 3.18. The number of Topliss-reactive ketones (excluding diaryl/α,β-unsaturated/α-hetero) is 1. The van der Waals surface area contributed by atoms with Gasteiger partial charge in [-0.15, -0.1) is 10.2 Å². The second kappa shape index (κ2) is 7.67. The predicted octanol–water partition coefficient (Wildman–Crippen LogP) is 4.81. The summed E-state index contributed by atoms with van der Waals surface area (Å²) in [6, 6.07) is 20.3. The first kappa shape index (κ1) is 18.4. The normalized spacial score (nSPS) is 16.3. The van der Waals surface area contributed by atoms with Crippen LogP contribution in [0.2, 0.25) is 0 Å². The molecule has 0 amide bonds. The van der Waals surface area contributed by atoms with Gasteiger partial charge in [-0.2, -0.15) is 5.10 Å². The second-order valence-corrected chi connectivity index (χ2v) is 7.63. The first-order valence-corrected chi connectivity index (χ1v) is 10.3. The minimum atomic E-state index is 0.0307. The van der Waals surface area contributed by atoms with Gasteiger partial charge in [0.2, 0.25) is 0 Å². The van der Waals surface area contributed by atoms with Crippen LogP contribution in [0.3, 0.4) is 0 Å². The number of hydrogen-bond donors (Lipinski definition) is 0. The molecule has 5 nitrogen and oxygen atoms in total. The number of rotatable bonds is 4. The van der Waals surface area contributed by atoms with Gasteiger partial charge in [0.05, 0.1) is 17.0 Å². The molecule has 2 aromatic heterocycles. The van der Waals surface area contributed by atoms with Crippen LogP contribution in [0.1, 0.15) is 40.8 Å². The quantitative estimate of drug-likeness (QED) is 0.498. The number of carbonyl (C=O) groups excluding carboxylic acids is 1. The molecule has 0 bridgehead atoms. The molecule has 30 heavy (non-hydrogen) atoms. The fourth-order valence-electron chi connectivity index (χ4n) is 4.14. The molecule has 0 fully saturated rings. The van der Waals surface area contributed by atoms with Crippen molar-refractivity contribution in [2.45, 2.75) is 26.2 Å². The summed E-state index contributed by atoms with van der Waals surface area (Å²) in [6.45, 7) is 2.09. The summed E-state index contributed by atoms with van der Waals surface area (Å²) in [5.41, 5.74) is 6.21. The van der Waals surface area contributed by atoms with E-state index in [2.05, 4.69) is 53.5 Å². The van der Waals surface area contributed by atoms with E-state index in [0.29, 0.717) is 12.1 Å². The maximum atomic E-state index is 12.8. The van der Waals surface area contributed by atoms with Crippen LogP contribution < -0.4 is 0 Å². The molecule has 0 N–H and O–H groups in total. The molecule has 0 saturated heterocycles. The van der Waals surface area contributed by atoms with Crippen molar-refractivity contribution < 1.29 is 4.79 Å². The third kappa shape index (κ3) is 3.22. The maximum Gasteiger partial charge on any atom is 0.185 e. The van der Waals surface area contributed by atoms with Gasteiger partial charge in [-0.1, -0.05) is 79.7 Å². The smallest absolute Gasteiger partial charge is 0.185 e. The first-order valence-electron chi connectivity index (χ1n) is 10.3. The van der Waals surface area contributed by atoms with E-state index in [9.17, 15) is 4.79 Å². The van der Waals surface area contributed by atoms with Crippen LogP contribution in [0.5, 0.6) is 0 Å². The molecule has 2 aromatic carbocycles. The lowest BCUT2D eigenvalue weighted by atomic mass is 9.88. The highest BCUT2D eigenvalue weighted by Crippen LogP contribution is 2.31. The van der Waals surface area contributed by atoms with Gasteiger partial charge in [-0.25, -0.2) is 4.52 Å². The number of hydrogen-bond acceptors (Lipinski definition) is 4. The van der Waals surface area contributed by atoms with Gasteiger partial charge in [-0.05, 0) is 29.9 Å². The van der Waals surface area contributed by atoms with Gasteiger partial charge in [0.1, 0.15) is 0 Å². The zero-order valence-electron chi connectivity index (χ0n) is 16.8. The molecule has 1 aliphatic rings. The molecular weight excluding hydrogens is 372 g/mol. The highest BCUT2D eigenvalue weighted by atomic mass is 16.1. The Bertz CT molecular complexity index is 1240. The summed E-state index contributed by atoms with van der Waals surface area (Å²) >= 11 is 0. The van der Waals surface area contributed by atoms with E-state index >= 15 is 0 Å². The van der Waals surface area contributed by atoms with Gasteiger partial charge in [-0.3, -0.25) is 4.79 Å². The van der Waals surface area contributed by atoms with Crippen LogP contribution in [0.25, 0.3) is 22.9 Å². The van der Waals surface area contributed by atoms with E-state index < -0.39 is 0 Å². The van der Waals surface area contributed by atoms with Gasteiger partial charge in [0.15, 0.2) is 17.1 Å². The third-order valence-electron chi connectivity index (χ3n) is 5.63. The predicted molar refractivity (Wildman–Crippen MR) is 117 cm³/mol. The molecule has 2 heterocycles. The number of aromatic nitrogens is 4. The van der Waals surface area contributed by atoms with E-state index in [4.69, 9.17) is 5.10 Å². The third-order valence-corrected chi connectivity index (χ3v) is 5.63. The molecule has 4 aromatic rings. The van der Waals surface area contributed by atoms with E-state index in [1.807, 2.05) is 40.9 Å². The first-order chi connectivity index (χ1) is 14.7. The molecule has 1 aliphatic carbocycles. The standard InChI is InChI=1S/C25H22N4O/c1-2-20-23(19-11-7-4-8-12-19)25-27-26-24-21(29(25)28-20)15-18(16-22(24)30)14-13-17-9-5-3-6-10-17/h3-14,18H,2,15-16H2,1H3/b14-13+. The summed E-state index contributed by atoms with van der Waals surface area (Å²) in [4.78, 5) is 12.8. The fourth-order valence-corrected chi connectivity index (χ4v) is 4.14. The van der Waals surface area contributed by atoms with Crippen molar-refractivity contribution >= 4 is 17.5 Å². The highest BCUT2D eigenvalue weighted by Gasteiger charge is 2.29. The molecule has 1 unspecified atom stereocenters. The fraction of sp³-hybridized carbons (Fsp3) is 0.200. The van der Waals surface area contributed by atoms with E-state index in [-0.39, 0.29) is 11.7 Å². The molecule has 0 spiro atoms. The lowest BCUT2D eigenvalue weighted by Gasteiger charge is -2.20. The Hall–Kier alpha value is -3.60. The lowest BCUT2D eigenvalue weighted by Crippen LogP contribution is -2.24. The molecule has 0 radical (unpaired) electrons. The van der Waals surface area contributed by atoms with Gasteiger partial charge in [0.25, 0.3) is 0 Å². The summed E-state index contributed by atoms with van der Waals surface area (Å²) < 4.78 is 1.85. The Morgan fingerprint density at radius 2 is 1.73 bits per heavy atom. The number of benzene rings is 2. The summed E-state index contributed by atoms with van der Waals surface area (Å²) in [5, 5.41) is 13.6. The topological polar surface area (TPSA) is 60.1 Å². The van der Waals surface area contributed by atoms with Crippen LogP contribution in [0.15, 0.2) is 66.7 Å². The van der Waals surface area contributed by atoms with E-state index in [1.54, 1.807) is 0 Å². The van der Waals surface area contributed by atoms with E-state index in [0.717, 1.165) is 46.6 Å². The number of allylic oxidation sites excluding steroid dienone is 1. The van der Waals surface area contributed by atoms with Crippen LogP contribution in [0, 0.1) is 5.92 Å². The minimum absolute atomic E-state index is 0.0307.